The van der Waals surface area contributed by atoms with Crippen LogP contribution in [-0.4, -0.2) is 16.6 Å². The van der Waals surface area contributed by atoms with Crippen LogP contribution in [0.15, 0.2) is 22.9 Å². The Morgan fingerprint density at radius 2 is 2.11 bits per heavy atom. The van der Waals surface area contributed by atoms with E-state index in [1.165, 1.54) is 6.33 Å². The quantitative estimate of drug-likeness (QED) is 0.895. The maximum absolute atomic E-state index is 5.54. The van der Waals surface area contributed by atoms with E-state index in [4.69, 9.17) is 9.15 Å². The normalized spacial score (nSPS) is 12.2. The van der Waals surface area contributed by atoms with Crippen LogP contribution in [0.4, 0.5) is 5.82 Å². The van der Waals surface area contributed by atoms with Gasteiger partial charge in [0, 0.05) is 11.6 Å². The third kappa shape index (κ3) is 3.24. The van der Waals surface area contributed by atoms with Crippen LogP contribution in [0.5, 0.6) is 5.88 Å². The number of rotatable bonds is 5. The van der Waals surface area contributed by atoms with Gasteiger partial charge >= 0.3 is 0 Å². The van der Waals surface area contributed by atoms with Gasteiger partial charge in [0.15, 0.2) is 0 Å². The first-order chi connectivity index (χ1) is 9.10. The highest BCUT2D eigenvalue weighted by molar-refractivity contribution is 5.41. The van der Waals surface area contributed by atoms with E-state index in [1.54, 1.807) is 6.07 Å². The number of aromatic nitrogens is 2. The molecule has 0 aliphatic carbocycles. The van der Waals surface area contributed by atoms with Gasteiger partial charge in [-0.15, -0.1) is 0 Å². The van der Waals surface area contributed by atoms with Crippen LogP contribution in [0.25, 0.3) is 0 Å². The van der Waals surface area contributed by atoms with Gasteiger partial charge in [-0.05, 0) is 33.8 Å². The van der Waals surface area contributed by atoms with Crippen molar-refractivity contribution >= 4 is 5.82 Å². The van der Waals surface area contributed by atoms with E-state index < -0.39 is 0 Å². The summed E-state index contributed by atoms with van der Waals surface area (Å²) in [6.45, 7) is 8.49. The minimum atomic E-state index is 0.113. The molecule has 0 aliphatic rings. The van der Waals surface area contributed by atoms with Crippen LogP contribution >= 0.6 is 0 Å². The largest absolute Gasteiger partial charge is 0.478 e. The molecule has 2 aromatic rings. The molecule has 0 saturated carbocycles. The lowest BCUT2D eigenvalue weighted by Crippen LogP contribution is -2.08. The van der Waals surface area contributed by atoms with Crippen molar-refractivity contribution in [1.29, 1.82) is 0 Å². The second kappa shape index (κ2) is 5.73. The molecule has 5 heteroatoms. The van der Waals surface area contributed by atoms with E-state index >= 15 is 0 Å². The Kier molecular flexibility index (Phi) is 4.04. The number of hydrogen-bond acceptors (Lipinski definition) is 5. The van der Waals surface area contributed by atoms with E-state index in [-0.39, 0.29) is 6.04 Å². The number of aryl methyl sites for hydroxylation is 2. The van der Waals surface area contributed by atoms with Crippen molar-refractivity contribution in [2.75, 3.05) is 11.9 Å². The molecule has 0 aliphatic heterocycles. The van der Waals surface area contributed by atoms with Crippen LogP contribution in [0.1, 0.15) is 37.0 Å². The fourth-order valence-electron chi connectivity index (χ4n) is 2.03. The van der Waals surface area contributed by atoms with Crippen molar-refractivity contribution in [3.05, 3.63) is 35.5 Å². The zero-order valence-electron chi connectivity index (χ0n) is 11.7. The second-order valence-electron chi connectivity index (χ2n) is 4.41. The van der Waals surface area contributed by atoms with Gasteiger partial charge in [0.05, 0.1) is 12.6 Å². The fourth-order valence-corrected chi connectivity index (χ4v) is 2.03. The van der Waals surface area contributed by atoms with Gasteiger partial charge in [0.25, 0.3) is 0 Å². The van der Waals surface area contributed by atoms with E-state index in [1.807, 2.05) is 26.8 Å². The average molecular weight is 261 g/mol. The van der Waals surface area contributed by atoms with Crippen LogP contribution in [-0.2, 0) is 0 Å². The number of nitrogens with one attached hydrogen (secondary N) is 1. The van der Waals surface area contributed by atoms with Gasteiger partial charge in [-0.25, -0.2) is 9.97 Å². The van der Waals surface area contributed by atoms with Gasteiger partial charge < -0.3 is 14.5 Å². The van der Waals surface area contributed by atoms with Gasteiger partial charge in [0.2, 0.25) is 5.88 Å². The number of ether oxygens (including phenoxy) is 1. The molecule has 0 saturated heterocycles. The van der Waals surface area contributed by atoms with Crippen molar-refractivity contribution in [3.8, 4) is 5.88 Å². The molecule has 2 heterocycles. The van der Waals surface area contributed by atoms with Gasteiger partial charge in [-0.3, -0.25) is 0 Å². The molecule has 5 nitrogen and oxygen atoms in total. The Bertz CT molecular complexity index is 551. The summed E-state index contributed by atoms with van der Waals surface area (Å²) in [4.78, 5) is 8.23. The molecule has 0 fully saturated rings. The lowest BCUT2D eigenvalue weighted by molar-refractivity contribution is 0.326. The van der Waals surface area contributed by atoms with Crippen LogP contribution < -0.4 is 10.1 Å². The predicted molar refractivity (Wildman–Crippen MR) is 73.4 cm³/mol. The predicted octanol–water partition coefficient (Wildman–Crippen LogP) is 3.26. The number of nitrogens with zero attached hydrogens (tertiary/aromatic N) is 2. The summed E-state index contributed by atoms with van der Waals surface area (Å²) in [6.07, 6.45) is 1.49. The molecule has 1 unspecified atom stereocenters. The molecule has 2 aromatic heterocycles. The van der Waals surface area contributed by atoms with Gasteiger partial charge in [-0.2, -0.15) is 0 Å². The molecule has 1 N–H and O–H groups in total. The zero-order valence-corrected chi connectivity index (χ0v) is 11.7. The van der Waals surface area contributed by atoms with Gasteiger partial charge in [0.1, 0.15) is 23.7 Å². The van der Waals surface area contributed by atoms with Crippen LogP contribution in [0.2, 0.25) is 0 Å². The Labute approximate surface area is 113 Å². The summed E-state index contributed by atoms with van der Waals surface area (Å²) < 4.78 is 10.9. The lowest BCUT2D eigenvalue weighted by Gasteiger charge is -2.14. The summed E-state index contributed by atoms with van der Waals surface area (Å²) >= 11 is 0. The summed E-state index contributed by atoms with van der Waals surface area (Å²) in [7, 11) is 0. The Morgan fingerprint density at radius 3 is 2.74 bits per heavy atom. The maximum atomic E-state index is 5.54. The van der Waals surface area contributed by atoms with Crippen molar-refractivity contribution < 1.29 is 9.15 Å². The van der Waals surface area contributed by atoms with Crippen LogP contribution in [0, 0.1) is 13.8 Å². The molecule has 0 bridgehead atoms. The highest BCUT2D eigenvalue weighted by Gasteiger charge is 2.13. The second-order valence-corrected chi connectivity index (χ2v) is 4.41. The molecular weight excluding hydrogens is 242 g/mol. The summed E-state index contributed by atoms with van der Waals surface area (Å²) in [5.41, 5.74) is 1.13. The Hall–Kier alpha value is -2.04. The number of hydrogen-bond donors (Lipinski definition) is 1. The molecule has 0 aromatic carbocycles. The average Bonchev–Trinajstić information content (AvgIpc) is 2.69. The molecule has 0 spiro atoms. The van der Waals surface area contributed by atoms with E-state index in [0.29, 0.717) is 12.5 Å². The highest BCUT2D eigenvalue weighted by atomic mass is 16.5. The Morgan fingerprint density at radius 1 is 1.32 bits per heavy atom. The first kappa shape index (κ1) is 13.4. The van der Waals surface area contributed by atoms with Crippen molar-refractivity contribution in [3.63, 3.8) is 0 Å². The molecule has 19 heavy (non-hydrogen) atoms. The standard InChI is InChI=1S/C14H19N3O2/c1-5-18-14-7-13(15-8-16-14)17-10(3)12-6-9(2)19-11(12)4/h6-8,10H,5H2,1-4H3,(H,15,16,17). The first-order valence-corrected chi connectivity index (χ1v) is 6.38. The maximum Gasteiger partial charge on any atom is 0.218 e. The van der Waals surface area contributed by atoms with Crippen molar-refractivity contribution in [2.24, 2.45) is 0 Å². The minimum Gasteiger partial charge on any atom is -0.478 e. The SMILES string of the molecule is CCOc1cc(NC(C)c2cc(C)oc2C)ncn1. The summed E-state index contributed by atoms with van der Waals surface area (Å²) in [5, 5.41) is 3.32. The topological polar surface area (TPSA) is 60.2 Å². The van der Waals surface area contributed by atoms with E-state index in [2.05, 4.69) is 22.2 Å². The zero-order chi connectivity index (χ0) is 13.8. The summed E-state index contributed by atoms with van der Waals surface area (Å²) in [5.74, 6) is 3.16. The third-order valence-corrected chi connectivity index (χ3v) is 2.84. The van der Waals surface area contributed by atoms with Crippen molar-refractivity contribution in [1.82, 2.24) is 9.97 Å². The van der Waals surface area contributed by atoms with E-state index in [0.717, 1.165) is 22.9 Å². The van der Waals surface area contributed by atoms with E-state index in [9.17, 15) is 0 Å². The van der Waals surface area contributed by atoms with Crippen LogP contribution in [0.3, 0.4) is 0 Å². The number of furan rings is 1. The Balaban J connectivity index is 2.12. The molecule has 0 amide bonds. The van der Waals surface area contributed by atoms with Gasteiger partial charge in [-0.1, -0.05) is 0 Å². The molecule has 0 radical (unpaired) electrons. The lowest BCUT2D eigenvalue weighted by atomic mass is 10.1. The highest BCUT2D eigenvalue weighted by Crippen LogP contribution is 2.24. The molecular formula is C14H19N3O2. The monoisotopic (exact) mass is 261 g/mol. The first-order valence-electron chi connectivity index (χ1n) is 6.38. The molecule has 1 atom stereocenters. The smallest absolute Gasteiger partial charge is 0.218 e. The molecule has 2 rings (SSSR count). The molecule has 102 valence electrons. The minimum absolute atomic E-state index is 0.113. The fraction of sp³-hybridized carbons (Fsp3) is 0.429. The third-order valence-electron chi connectivity index (χ3n) is 2.84. The summed E-state index contributed by atoms with van der Waals surface area (Å²) in [6, 6.07) is 3.95. The number of anilines is 1. The van der Waals surface area contributed by atoms with Crippen molar-refractivity contribution in [2.45, 2.75) is 33.7 Å².